The van der Waals surface area contributed by atoms with E-state index in [1.807, 2.05) is 66.7 Å². The topological polar surface area (TPSA) is 87.3 Å². The van der Waals surface area contributed by atoms with Crippen molar-refractivity contribution >= 4 is 69.5 Å². The smallest absolute Gasteiger partial charge is 0.272 e. The molecule has 9 heteroatoms. The Bertz CT molecular complexity index is 1800. The highest BCUT2D eigenvalue weighted by Gasteiger charge is 2.22. The third-order valence-corrected chi connectivity index (χ3v) is 8.51. The van der Waals surface area contributed by atoms with E-state index in [-0.39, 0.29) is 11.6 Å². The lowest BCUT2D eigenvalue weighted by molar-refractivity contribution is -0.116. The lowest BCUT2D eigenvalue weighted by Crippen LogP contribution is -2.30. The summed E-state index contributed by atoms with van der Waals surface area (Å²) < 4.78 is 14.5. The van der Waals surface area contributed by atoms with Crippen LogP contribution in [0.4, 0.5) is 15.8 Å². The Morgan fingerprint density at radius 2 is 1.27 bits per heavy atom. The van der Waals surface area contributed by atoms with Crippen molar-refractivity contribution in [3.05, 3.63) is 165 Å². The van der Waals surface area contributed by atoms with E-state index in [9.17, 15) is 18.8 Å². The van der Waals surface area contributed by atoms with Gasteiger partial charge in [-0.15, -0.1) is 11.8 Å². The predicted molar refractivity (Wildman–Crippen MR) is 186 cm³/mol. The fourth-order valence-electron chi connectivity index (χ4n) is 4.26. The summed E-state index contributed by atoms with van der Waals surface area (Å²) in [6, 6.07) is 38.3. The Labute approximate surface area is 278 Å². The van der Waals surface area contributed by atoms with E-state index in [0.717, 1.165) is 14.0 Å². The molecule has 0 fully saturated rings. The molecule has 0 bridgehead atoms. The van der Waals surface area contributed by atoms with Gasteiger partial charge >= 0.3 is 0 Å². The zero-order valence-electron chi connectivity index (χ0n) is 23.7. The summed E-state index contributed by atoms with van der Waals surface area (Å²) in [6.07, 6.45) is 1.48. The highest BCUT2D eigenvalue weighted by atomic mass is 127. The van der Waals surface area contributed by atoms with Crippen molar-refractivity contribution in [2.45, 2.75) is 10.1 Å². The third-order valence-electron chi connectivity index (χ3n) is 6.53. The van der Waals surface area contributed by atoms with Gasteiger partial charge in [-0.3, -0.25) is 14.4 Å². The average Bonchev–Trinajstić information content (AvgIpc) is 3.06. The van der Waals surface area contributed by atoms with E-state index >= 15 is 0 Å². The number of carbonyl (C=O) groups excluding carboxylic acids is 3. The molecule has 5 aromatic rings. The Morgan fingerprint density at radius 1 is 0.689 bits per heavy atom. The zero-order valence-corrected chi connectivity index (χ0v) is 26.7. The third kappa shape index (κ3) is 9.13. The van der Waals surface area contributed by atoms with Gasteiger partial charge in [0.15, 0.2) is 0 Å². The molecular weight excluding hydrogens is 700 g/mol. The zero-order chi connectivity index (χ0) is 31.6. The fraction of sp³-hybridized carbons (Fsp3) is 0.0278. The lowest BCUT2D eigenvalue weighted by atomic mass is 10.1. The molecule has 3 amide bonds. The second-order valence-corrected chi connectivity index (χ2v) is 12.2. The number of hydrogen-bond donors (Lipinski definition) is 3. The first-order valence-electron chi connectivity index (χ1n) is 13.9. The molecule has 0 aliphatic heterocycles. The molecule has 0 aromatic heterocycles. The Morgan fingerprint density at radius 3 is 1.91 bits per heavy atom. The molecule has 0 aliphatic carbocycles. The molecule has 1 atom stereocenters. The Balaban J connectivity index is 1.32. The quantitative estimate of drug-likeness (QED) is 0.0768. The van der Waals surface area contributed by atoms with Gasteiger partial charge < -0.3 is 16.0 Å². The maximum Gasteiger partial charge on any atom is 0.272 e. The van der Waals surface area contributed by atoms with Crippen LogP contribution in [-0.2, 0) is 9.59 Å². The Kier molecular flexibility index (Phi) is 10.8. The molecule has 0 saturated heterocycles. The van der Waals surface area contributed by atoms with Gasteiger partial charge in [-0.05, 0) is 113 Å². The second-order valence-electron chi connectivity index (χ2n) is 9.81. The normalized spacial score (nSPS) is 11.7. The first kappa shape index (κ1) is 31.7. The molecule has 0 saturated carbocycles. The van der Waals surface area contributed by atoms with Crippen molar-refractivity contribution in [2.75, 3.05) is 10.6 Å². The number of rotatable bonds is 10. The minimum Gasteiger partial charge on any atom is -0.325 e. The van der Waals surface area contributed by atoms with Gasteiger partial charge in [0, 0.05) is 25.4 Å². The summed E-state index contributed by atoms with van der Waals surface area (Å²) in [5.74, 6) is -1.58. The molecule has 5 rings (SSSR count). The molecule has 6 nitrogen and oxygen atoms in total. The SMILES string of the molecule is O=C(Nc1ccc(SC(C(=O)Nc2ccc(I)cc2)c2ccccc2)cc1)/C(=C/c1ccc(F)cc1)NC(=O)c1ccccc1. The molecule has 0 heterocycles. The van der Waals surface area contributed by atoms with Crippen LogP contribution in [-0.4, -0.2) is 17.7 Å². The van der Waals surface area contributed by atoms with Crippen molar-refractivity contribution in [2.24, 2.45) is 0 Å². The average molecular weight is 728 g/mol. The van der Waals surface area contributed by atoms with E-state index in [4.69, 9.17) is 0 Å². The maximum absolute atomic E-state index is 13.5. The molecule has 1 unspecified atom stereocenters. The van der Waals surface area contributed by atoms with Gasteiger partial charge in [0.2, 0.25) is 5.91 Å². The van der Waals surface area contributed by atoms with Gasteiger partial charge in [-0.2, -0.15) is 0 Å². The van der Waals surface area contributed by atoms with Crippen LogP contribution in [0.15, 0.2) is 144 Å². The molecule has 3 N–H and O–H groups in total. The highest BCUT2D eigenvalue weighted by Crippen LogP contribution is 2.36. The summed E-state index contributed by atoms with van der Waals surface area (Å²) in [5, 5.41) is 7.98. The molecule has 0 aliphatic rings. The number of nitrogens with one attached hydrogen (secondary N) is 3. The maximum atomic E-state index is 13.5. The Hall–Kier alpha value is -4.74. The molecule has 224 valence electrons. The summed E-state index contributed by atoms with van der Waals surface area (Å²) in [7, 11) is 0. The van der Waals surface area contributed by atoms with E-state index in [1.165, 1.54) is 42.1 Å². The van der Waals surface area contributed by atoms with Crippen molar-refractivity contribution in [3.8, 4) is 0 Å². The first-order chi connectivity index (χ1) is 21.8. The molecule has 0 spiro atoms. The fourth-order valence-corrected chi connectivity index (χ4v) is 5.65. The van der Waals surface area contributed by atoms with E-state index in [0.29, 0.717) is 22.5 Å². The minimum atomic E-state index is -0.553. The highest BCUT2D eigenvalue weighted by molar-refractivity contribution is 14.1. The van der Waals surface area contributed by atoms with Crippen LogP contribution >= 0.6 is 34.4 Å². The van der Waals surface area contributed by atoms with Crippen LogP contribution in [0.2, 0.25) is 0 Å². The van der Waals surface area contributed by atoms with Gasteiger partial charge in [-0.1, -0.05) is 60.7 Å². The van der Waals surface area contributed by atoms with Crippen molar-refractivity contribution in [1.29, 1.82) is 0 Å². The van der Waals surface area contributed by atoms with Crippen LogP contribution in [0, 0.1) is 9.39 Å². The number of hydrogen-bond acceptors (Lipinski definition) is 4. The van der Waals surface area contributed by atoms with Crippen LogP contribution < -0.4 is 16.0 Å². The predicted octanol–water partition coefficient (Wildman–Crippen LogP) is 8.31. The van der Waals surface area contributed by atoms with Crippen LogP contribution in [0.1, 0.15) is 26.7 Å². The molecule has 0 radical (unpaired) electrons. The summed E-state index contributed by atoms with van der Waals surface area (Å²) in [5.41, 5.74) is 2.97. The number of anilines is 2. The van der Waals surface area contributed by atoms with Crippen molar-refractivity contribution in [3.63, 3.8) is 0 Å². The number of benzene rings is 5. The molecule has 45 heavy (non-hydrogen) atoms. The molecular formula is C36H27FIN3O3S. The second kappa shape index (κ2) is 15.3. The number of carbonyl (C=O) groups is 3. The lowest BCUT2D eigenvalue weighted by Gasteiger charge is -2.17. The van der Waals surface area contributed by atoms with Gasteiger partial charge in [0.1, 0.15) is 16.8 Å². The standard InChI is InChI=1S/C36H27FIN3O3S/c37-27-13-11-24(12-14-27)23-32(41-34(42)26-9-5-2-6-10-26)35(43)39-30-19-21-31(22-20-30)45-33(25-7-3-1-4-8-25)36(44)40-29-17-15-28(38)16-18-29/h1-23,33H,(H,39,43)(H,40,44)(H,41,42)/b32-23-. The van der Waals surface area contributed by atoms with Crippen LogP contribution in [0.25, 0.3) is 6.08 Å². The first-order valence-corrected chi connectivity index (χ1v) is 15.8. The van der Waals surface area contributed by atoms with E-state index in [2.05, 4.69) is 38.5 Å². The van der Waals surface area contributed by atoms with Gasteiger partial charge in [-0.25, -0.2) is 4.39 Å². The number of thioether (sulfide) groups is 1. The van der Waals surface area contributed by atoms with E-state index in [1.54, 1.807) is 42.5 Å². The monoisotopic (exact) mass is 727 g/mol. The van der Waals surface area contributed by atoms with Crippen molar-refractivity contribution < 1.29 is 18.8 Å². The largest absolute Gasteiger partial charge is 0.325 e. The van der Waals surface area contributed by atoms with Crippen LogP contribution in [0.3, 0.4) is 0 Å². The molecule has 5 aromatic carbocycles. The number of amides is 3. The van der Waals surface area contributed by atoms with Gasteiger partial charge in [0.05, 0.1) is 0 Å². The number of halogens is 2. The summed E-state index contributed by atoms with van der Waals surface area (Å²) in [4.78, 5) is 40.4. The summed E-state index contributed by atoms with van der Waals surface area (Å²) >= 11 is 3.61. The minimum absolute atomic E-state index is 0.00896. The summed E-state index contributed by atoms with van der Waals surface area (Å²) in [6.45, 7) is 0. The van der Waals surface area contributed by atoms with Gasteiger partial charge in [0.25, 0.3) is 11.8 Å². The van der Waals surface area contributed by atoms with Crippen LogP contribution in [0.5, 0.6) is 0 Å². The van der Waals surface area contributed by atoms with Crippen molar-refractivity contribution in [1.82, 2.24) is 5.32 Å². The van der Waals surface area contributed by atoms with E-state index < -0.39 is 22.9 Å².